The van der Waals surface area contributed by atoms with E-state index < -0.39 is 17.7 Å². The molecule has 1 fully saturated rings. The number of aryl methyl sites for hydroxylation is 1. The molecular formula is C33H38N2O4. The van der Waals surface area contributed by atoms with Crippen molar-refractivity contribution in [3.63, 3.8) is 0 Å². The quantitative estimate of drug-likeness (QED) is 0.226. The highest BCUT2D eigenvalue weighted by molar-refractivity contribution is 6.46. The number of nitrogens with zero attached hydrogens (tertiary/aromatic N) is 2. The first kappa shape index (κ1) is 28.1. The number of likely N-dealkylation sites (N-methyl/N-ethyl adjacent to an activating group) is 1. The van der Waals surface area contributed by atoms with Crippen LogP contribution >= 0.6 is 0 Å². The van der Waals surface area contributed by atoms with Crippen LogP contribution in [-0.2, 0) is 21.6 Å². The van der Waals surface area contributed by atoms with Crippen LogP contribution in [0.3, 0.4) is 0 Å². The van der Waals surface area contributed by atoms with E-state index in [2.05, 4.69) is 20.8 Å². The topological polar surface area (TPSA) is 70.1 Å². The fourth-order valence-corrected chi connectivity index (χ4v) is 4.78. The molecule has 0 spiro atoms. The summed E-state index contributed by atoms with van der Waals surface area (Å²) in [6, 6.07) is 22.5. The van der Waals surface area contributed by atoms with Crippen LogP contribution in [0.4, 0.5) is 0 Å². The molecule has 1 N–H and O–H groups in total. The van der Waals surface area contributed by atoms with Gasteiger partial charge in [0.15, 0.2) is 0 Å². The van der Waals surface area contributed by atoms with E-state index in [1.54, 1.807) is 23.1 Å². The molecule has 0 radical (unpaired) electrons. The van der Waals surface area contributed by atoms with Crippen LogP contribution in [0.25, 0.3) is 5.76 Å². The molecule has 1 atom stereocenters. The van der Waals surface area contributed by atoms with E-state index in [1.165, 1.54) is 0 Å². The standard InChI is InChI=1S/C33H38N2O4/c1-22-20-25(14-17-27(22)39-21-23-10-8-7-9-11-23)30(36)28-29(24-12-15-26(16-13-24)33(2,3)4)35(19-18-34(5)6)32(38)31(28)37/h7-17,20,29,36H,18-19,21H2,1-6H3/t29-/m0/s1. The molecule has 1 aliphatic heterocycles. The summed E-state index contributed by atoms with van der Waals surface area (Å²) in [5.74, 6) is -0.750. The zero-order valence-electron chi connectivity index (χ0n) is 23.7. The van der Waals surface area contributed by atoms with Gasteiger partial charge in [-0.1, -0.05) is 75.4 Å². The summed E-state index contributed by atoms with van der Waals surface area (Å²) in [6.45, 7) is 9.70. The van der Waals surface area contributed by atoms with Crippen molar-refractivity contribution in [3.8, 4) is 5.75 Å². The fraction of sp³-hybridized carbons (Fsp3) is 0.333. The number of aliphatic hydroxyl groups excluding tert-OH is 1. The minimum atomic E-state index is -0.673. The van der Waals surface area contributed by atoms with Crippen LogP contribution in [0.2, 0.25) is 0 Å². The Morgan fingerprint density at radius 3 is 2.23 bits per heavy atom. The molecular weight excluding hydrogens is 488 g/mol. The number of hydrogen-bond acceptors (Lipinski definition) is 5. The Hall–Kier alpha value is -3.90. The normalized spacial score (nSPS) is 17.2. The number of likely N-dealkylation sites (tertiary alicyclic amines) is 1. The third-order valence-electron chi connectivity index (χ3n) is 7.11. The molecule has 0 aromatic heterocycles. The molecule has 6 nitrogen and oxygen atoms in total. The summed E-state index contributed by atoms with van der Waals surface area (Å²) in [7, 11) is 3.85. The number of aliphatic hydroxyl groups is 1. The molecule has 1 heterocycles. The monoisotopic (exact) mass is 526 g/mol. The third-order valence-corrected chi connectivity index (χ3v) is 7.11. The Morgan fingerprint density at radius 1 is 0.974 bits per heavy atom. The average Bonchev–Trinajstić information content (AvgIpc) is 3.15. The summed E-state index contributed by atoms with van der Waals surface area (Å²) < 4.78 is 5.99. The van der Waals surface area contributed by atoms with Gasteiger partial charge in [-0.25, -0.2) is 0 Å². The third kappa shape index (κ3) is 6.23. The molecule has 1 aliphatic rings. The number of carbonyl (C=O) groups is 2. The lowest BCUT2D eigenvalue weighted by molar-refractivity contribution is -0.140. The van der Waals surface area contributed by atoms with Gasteiger partial charge in [-0.05, 0) is 66.9 Å². The number of rotatable bonds is 8. The Bertz CT molecular complexity index is 1370. The second kappa shape index (κ2) is 11.5. The maximum Gasteiger partial charge on any atom is 0.295 e. The van der Waals surface area contributed by atoms with Gasteiger partial charge in [0.25, 0.3) is 11.7 Å². The Morgan fingerprint density at radius 2 is 1.64 bits per heavy atom. The van der Waals surface area contributed by atoms with E-state index in [0.29, 0.717) is 31.0 Å². The van der Waals surface area contributed by atoms with Gasteiger partial charge < -0.3 is 19.6 Å². The molecule has 0 unspecified atom stereocenters. The van der Waals surface area contributed by atoms with Crippen molar-refractivity contribution in [2.45, 2.75) is 45.8 Å². The highest BCUT2D eigenvalue weighted by Gasteiger charge is 2.46. The average molecular weight is 527 g/mol. The highest BCUT2D eigenvalue weighted by Crippen LogP contribution is 2.40. The lowest BCUT2D eigenvalue weighted by Crippen LogP contribution is -2.35. The van der Waals surface area contributed by atoms with E-state index in [1.807, 2.05) is 80.5 Å². The van der Waals surface area contributed by atoms with Gasteiger partial charge in [-0.2, -0.15) is 0 Å². The van der Waals surface area contributed by atoms with Crippen molar-refractivity contribution >= 4 is 17.4 Å². The van der Waals surface area contributed by atoms with Crippen molar-refractivity contribution in [1.82, 2.24) is 9.80 Å². The summed E-state index contributed by atoms with van der Waals surface area (Å²) in [4.78, 5) is 30.1. The van der Waals surface area contributed by atoms with Gasteiger partial charge in [0, 0.05) is 18.7 Å². The number of amides is 1. The second-order valence-electron chi connectivity index (χ2n) is 11.4. The zero-order valence-corrected chi connectivity index (χ0v) is 23.7. The number of hydrogen-bond donors (Lipinski definition) is 1. The lowest BCUT2D eigenvalue weighted by Gasteiger charge is -2.27. The van der Waals surface area contributed by atoms with E-state index in [9.17, 15) is 14.7 Å². The summed E-state index contributed by atoms with van der Waals surface area (Å²) in [5, 5.41) is 11.5. The first-order chi connectivity index (χ1) is 18.5. The molecule has 39 heavy (non-hydrogen) atoms. The van der Waals surface area contributed by atoms with Gasteiger partial charge in [0.2, 0.25) is 0 Å². The fourth-order valence-electron chi connectivity index (χ4n) is 4.78. The molecule has 3 aromatic carbocycles. The lowest BCUT2D eigenvalue weighted by atomic mass is 9.85. The first-order valence-electron chi connectivity index (χ1n) is 13.3. The smallest absolute Gasteiger partial charge is 0.295 e. The molecule has 0 saturated carbocycles. The molecule has 0 aliphatic carbocycles. The second-order valence-corrected chi connectivity index (χ2v) is 11.4. The van der Waals surface area contributed by atoms with Gasteiger partial charge in [-0.3, -0.25) is 9.59 Å². The van der Waals surface area contributed by atoms with Gasteiger partial charge in [-0.15, -0.1) is 0 Å². The SMILES string of the molecule is Cc1cc(C(O)=C2C(=O)C(=O)N(CCN(C)C)[C@H]2c2ccc(C(C)(C)C)cc2)ccc1OCc1ccccc1. The summed E-state index contributed by atoms with van der Waals surface area (Å²) >= 11 is 0. The Balaban J connectivity index is 1.71. The van der Waals surface area contributed by atoms with Crippen LogP contribution in [-0.4, -0.2) is 53.8 Å². The first-order valence-corrected chi connectivity index (χ1v) is 13.3. The molecule has 4 rings (SSSR count). The number of Topliss-reactive ketones (excluding diaryl/α,β-unsaturated/α-hetero) is 1. The molecule has 1 saturated heterocycles. The van der Waals surface area contributed by atoms with Crippen LogP contribution in [0.1, 0.15) is 54.6 Å². The maximum atomic E-state index is 13.3. The molecule has 204 valence electrons. The van der Waals surface area contributed by atoms with Gasteiger partial charge in [0.1, 0.15) is 18.1 Å². The Labute approximate surface area is 231 Å². The summed E-state index contributed by atoms with van der Waals surface area (Å²) in [6.07, 6.45) is 0. The van der Waals surface area contributed by atoms with Crippen LogP contribution in [0.5, 0.6) is 5.75 Å². The van der Waals surface area contributed by atoms with Crippen molar-refractivity contribution < 1.29 is 19.4 Å². The van der Waals surface area contributed by atoms with Crippen LogP contribution in [0, 0.1) is 6.92 Å². The van der Waals surface area contributed by atoms with Crippen molar-refractivity contribution in [3.05, 3.63) is 106 Å². The number of benzene rings is 3. The van der Waals surface area contributed by atoms with Crippen LogP contribution in [0.15, 0.2) is 78.4 Å². The van der Waals surface area contributed by atoms with Crippen molar-refractivity contribution in [2.75, 3.05) is 27.2 Å². The number of carbonyl (C=O) groups excluding carboxylic acids is 2. The van der Waals surface area contributed by atoms with E-state index >= 15 is 0 Å². The van der Waals surface area contributed by atoms with Gasteiger partial charge >= 0.3 is 0 Å². The van der Waals surface area contributed by atoms with Crippen LogP contribution < -0.4 is 4.74 Å². The summed E-state index contributed by atoms with van der Waals surface area (Å²) in [5.41, 5.74) is 4.37. The van der Waals surface area contributed by atoms with E-state index in [-0.39, 0.29) is 16.7 Å². The molecule has 1 amide bonds. The van der Waals surface area contributed by atoms with E-state index in [0.717, 1.165) is 22.3 Å². The zero-order chi connectivity index (χ0) is 28.3. The highest BCUT2D eigenvalue weighted by atomic mass is 16.5. The minimum Gasteiger partial charge on any atom is -0.507 e. The molecule has 6 heteroatoms. The largest absolute Gasteiger partial charge is 0.507 e. The predicted octanol–water partition coefficient (Wildman–Crippen LogP) is 5.85. The van der Waals surface area contributed by atoms with Gasteiger partial charge in [0.05, 0.1) is 11.6 Å². The van der Waals surface area contributed by atoms with Crippen molar-refractivity contribution in [2.24, 2.45) is 0 Å². The van der Waals surface area contributed by atoms with E-state index in [4.69, 9.17) is 4.74 Å². The molecule has 3 aromatic rings. The minimum absolute atomic E-state index is 0.0346. The Kier molecular flexibility index (Phi) is 8.26. The predicted molar refractivity (Wildman–Crippen MR) is 155 cm³/mol. The number of ether oxygens (including phenoxy) is 1. The number of ketones is 1. The molecule has 0 bridgehead atoms. The van der Waals surface area contributed by atoms with Crippen molar-refractivity contribution in [1.29, 1.82) is 0 Å². The maximum absolute atomic E-state index is 13.3.